The average molecular weight is 271 g/mol. The van der Waals surface area contributed by atoms with Crippen molar-refractivity contribution in [3.8, 4) is 0 Å². The zero-order chi connectivity index (χ0) is 13.6. The van der Waals surface area contributed by atoms with Gasteiger partial charge in [-0.15, -0.1) is 0 Å². The minimum Gasteiger partial charge on any atom is -0.381 e. The van der Waals surface area contributed by atoms with Crippen molar-refractivity contribution in [1.82, 2.24) is 5.32 Å². The van der Waals surface area contributed by atoms with E-state index in [0.29, 0.717) is 5.41 Å². The van der Waals surface area contributed by atoms with E-state index in [-0.39, 0.29) is 17.4 Å². The number of rotatable bonds is 3. The molecule has 1 spiro atoms. The summed E-state index contributed by atoms with van der Waals surface area (Å²) >= 11 is 0. The van der Waals surface area contributed by atoms with Gasteiger partial charge in [0.1, 0.15) is 0 Å². The Balaban J connectivity index is 1.57. The monoisotopic (exact) mass is 271 g/mol. The summed E-state index contributed by atoms with van der Waals surface area (Å²) in [7, 11) is 0. The first kappa shape index (κ1) is 12.4. The fourth-order valence-electron chi connectivity index (χ4n) is 3.72. The fourth-order valence-corrected chi connectivity index (χ4v) is 3.72. The summed E-state index contributed by atoms with van der Waals surface area (Å²) in [5, 5.41) is 3.39. The lowest BCUT2D eigenvalue weighted by Gasteiger charge is -2.38. The first-order valence-electron chi connectivity index (χ1n) is 7.70. The van der Waals surface area contributed by atoms with Crippen LogP contribution in [0.15, 0.2) is 30.3 Å². The van der Waals surface area contributed by atoms with Crippen molar-refractivity contribution in [1.29, 1.82) is 0 Å². The van der Waals surface area contributed by atoms with Gasteiger partial charge in [0.25, 0.3) is 0 Å². The largest absolute Gasteiger partial charge is 0.381 e. The van der Waals surface area contributed by atoms with Gasteiger partial charge in [0.15, 0.2) is 0 Å². The molecule has 2 saturated carbocycles. The molecule has 0 radical (unpaired) electrons. The Morgan fingerprint density at radius 2 is 1.80 bits per heavy atom. The number of ether oxygens (including phenoxy) is 1. The predicted molar refractivity (Wildman–Crippen MR) is 76.1 cm³/mol. The minimum atomic E-state index is -0.213. The molecule has 3 aliphatic rings. The molecule has 3 nitrogen and oxygen atoms in total. The molecule has 4 rings (SSSR count). The van der Waals surface area contributed by atoms with Crippen LogP contribution in [0.2, 0.25) is 0 Å². The second-order valence-corrected chi connectivity index (χ2v) is 6.67. The van der Waals surface area contributed by atoms with Crippen LogP contribution in [0.3, 0.4) is 0 Å². The van der Waals surface area contributed by atoms with Gasteiger partial charge in [-0.05, 0) is 43.1 Å². The predicted octanol–water partition coefficient (Wildman–Crippen LogP) is 2.61. The van der Waals surface area contributed by atoms with Crippen LogP contribution in [-0.4, -0.2) is 19.1 Å². The Labute approximate surface area is 119 Å². The van der Waals surface area contributed by atoms with Crippen molar-refractivity contribution in [3.63, 3.8) is 0 Å². The van der Waals surface area contributed by atoms with E-state index in [4.69, 9.17) is 4.74 Å². The Morgan fingerprint density at radius 1 is 1.10 bits per heavy atom. The topological polar surface area (TPSA) is 38.3 Å². The molecule has 0 aromatic heterocycles. The molecule has 3 fully saturated rings. The normalized spacial score (nSPS) is 28.9. The van der Waals surface area contributed by atoms with Crippen LogP contribution < -0.4 is 5.32 Å². The molecule has 20 heavy (non-hydrogen) atoms. The van der Waals surface area contributed by atoms with Gasteiger partial charge in [-0.1, -0.05) is 30.3 Å². The summed E-state index contributed by atoms with van der Waals surface area (Å²) in [5.41, 5.74) is 1.43. The van der Waals surface area contributed by atoms with E-state index in [0.717, 1.165) is 32.5 Å². The smallest absolute Gasteiger partial charge is 0.224 e. The van der Waals surface area contributed by atoms with Crippen molar-refractivity contribution in [3.05, 3.63) is 35.9 Å². The van der Waals surface area contributed by atoms with E-state index in [1.165, 1.54) is 18.4 Å². The highest BCUT2D eigenvalue weighted by Crippen LogP contribution is 2.70. The molecule has 1 heterocycles. The summed E-state index contributed by atoms with van der Waals surface area (Å²) in [4.78, 5) is 12.6. The molecule has 1 aromatic carbocycles. The zero-order valence-electron chi connectivity index (χ0n) is 11.7. The molecule has 3 heteroatoms. The van der Waals surface area contributed by atoms with Crippen LogP contribution in [0.4, 0.5) is 0 Å². The van der Waals surface area contributed by atoms with Gasteiger partial charge in [-0.2, -0.15) is 0 Å². The molecule has 1 amide bonds. The second-order valence-electron chi connectivity index (χ2n) is 6.67. The highest BCUT2D eigenvalue weighted by atomic mass is 16.5. The van der Waals surface area contributed by atoms with Crippen LogP contribution >= 0.6 is 0 Å². The lowest BCUT2D eigenvalue weighted by Crippen LogP contribution is -2.50. The van der Waals surface area contributed by atoms with Crippen LogP contribution in [0, 0.1) is 11.3 Å². The molecule has 1 saturated heterocycles. The molecule has 1 unspecified atom stereocenters. The van der Waals surface area contributed by atoms with E-state index in [1.54, 1.807) is 0 Å². The van der Waals surface area contributed by atoms with E-state index in [2.05, 4.69) is 29.6 Å². The summed E-state index contributed by atoms with van der Waals surface area (Å²) in [6, 6.07) is 10.4. The van der Waals surface area contributed by atoms with Crippen LogP contribution in [-0.2, 0) is 15.1 Å². The first-order chi connectivity index (χ1) is 9.74. The minimum absolute atomic E-state index is 0.213. The van der Waals surface area contributed by atoms with Crippen LogP contribution in [0.5, 0.6) is 0 Å². The Bertz CT molecular complexity index is 515. The molecule has 1 aliphatic heterocycles. The maximum Gasteiger partial charge on any atom is 0.224 e. The molecule has 1 aromatic rings. The van der Waals surface area contributed by atoms with Crippen molar-refractivity contribution >= 4 is 5.91 Å². The molecule has 0 bridgehead atoms. The lowest BCUT2D eigenvalue weighted by atomic mass is 9.82. The quantitative estimate of drug-likeness (QED) is 0.917. The van der Waals surface area contributed by atoms with Crippen LogP contribution in [0.25, 0.3) is 0 Å². The third kappa shape index (κ3) is 1.96. The van der Waals surface area contributed by atoms with E-state index in [1.807, 2.05) is 6.07 Å². The number of hydrogen-bond donors (Lipinski definition) is 1. The first-order valence-corrected chi connectivity index (χ1v) is 7.70. The molecule has 2 aliphatic carbocycles. The highest BCUT2D eigenvalue weighted by Gasteiger charge is 2.66. The van der Waals surface area contributed by atoms with Gasteiger partial charge in [0.05, 0.1) is 5.54 Å². The van der Waals surface area contributed by atoms with Crippen molar-refractivity contribution < 1.29 is 9.53 Å². The molecular weight excluding hydrogens is 250 g/mol. The summed E-state index contributed by atoms with van der Waals surface area (Å²) < 4.78 is 5.51. The van der Waals surface area contributed by atoms with Crippen molar-refractivity contribution in [2.45, 2.75) is 37.6 Å². The standard InChI is InChI=1S/C17H21NO2/c19-15(14-12-16(14)6-7-16)18-17(8-10-20-11-9-17)13-4-2-1-3-5-13/h1-5,14H,6-12H2,(H,18,19). The molecular formula is C17H21NO2. The highest BCUT2D eigenvalue weighted by molar-refractivity contribution is 5.84. The van der Waals surface area contributed by atoms with Gasteiger partial charge in [-0.25, -0.2) is 0 Å². The Morgan fingerprint density at radius 3 is 2.40 bits per heavy atom. The Kier molecular flexibility index (Phi) is 2.68. The second kappa shape index (κ2) is 4.32. The Hall–Kier alpha value is -1.35. The van der Waals surface area contributed by atoms with E-state index in [9.17, 15) is 4.79 Å². The number of hydrogen-bond acceptors (Lipinski definition) is 2. The number of amides is 1. The summed E-state index contributed by atoms with van der Waals surface area (Å²) in [6.07, 6.45) is 5.38. The van der Waals surface area contributed by atoms with Gasteiger partial charge in [-0.3, -0.25) is 4.79 Å². The third-order valence-corrected chi connectivity index (χ3v) is 5.43. The van der Waals surface area contributed by atoms with E-state index >= 15 is 0 Å². The van der Waals surface area contributed by atoms with Crippen molar-refractivity contribution in [2.24, 2.45) is 11.3 Å². The van der Waals surface area contributed by atoms with Gasteiger partial charge < -0.3 is 10.1 Å². The molecule has 1 N–H and O–H groups in total. The number of benzene rings is 1. The molecule has 106 valence electrons. The average Bonchev–Trinajstić information content (AvgIpc) is 3.41. The van der Waals surface area contributed by atoms with Gasteiger partial charge in [0.2, 0.25) is 5.91 Å². The van der Waals surface area contributed by atoms with Crippen molar-refractivity contribution in [2.75, 3.05) is 13.2 Å². The van der Waals surface area contributed by atoms with Crippen LogP contribution in [0.1, 0.15) is 37.7 Å². The molecule has 1 atom stereocenters. The fraction of sp³-hybridized carbons (Fsp3) is 0.588. The van der Waals surface area contributed by atoms with Gasteiger partial charge in [0, 0.05) is 19.1 Å². The number of carbonyl (C=O) groups is 1. The van der Waals surface area contributed by atoms with Gasteiger partial charge >= 0.3 is 0 Å². The SMILES string of the molecule is O=C(NC1(c2ccccc2)CCOCC1)C1CC12CC2. The summed E-state index contributed by atoms with van der Waals surface area (Å²) in [6.45, 7) is 1.45. The third-order valence-electron chi connectivity index (χ3n) is 5.43. The maximum absolute atomic E-state index is 12.6. The number of carbonyl (C=O) groups excluding carboxylic acids is 1. The maximum atomic E-state index is 12.6. The lowest BCUT2D eigenvalue weighted by molar-refractivity contribution is -0.126. The van der Waals surface area contributed by atoms with E-state index < -0.39 is 0 Å². The summed E-state index contributed by atoms with van der Waals surface area (Å²) in [5.74, 6) is 0.555. The number of nitrogens with one attached hydrogen (secondary N) is 1. The zero-order valence-corrected chi connectivity index (χ0v) is 11.7.